The van der Waals surface area contributed by atoms with Gasteiger partial charge in [0.25, 0.3) is 5.91 Å². The molecule has 0 atom stereocenters. The second-order valence-corrected chi connectivity index (χ2v) is 4.62. The van der Waals surface area contributed by atoms with Crippen LogP contribution in [0.4, 0.5) is 0 Å². The second kappa shape index (κ2) is 6.56. The summed E-state index contributed by atoms with van der Waals surface area (Å²) in [5, 5.41) is 2.93. The SMILES string of the molecule is CCN1CCN(CCNC(=O)c2ccc[nH]2)CC1. The third kappa shape index (κ3) is 3.58. The molecular formula is C13H22N4O. The minimum Gasteiger partial charge on any atom is -0.357 e. The van der Waals surface area contributed by atoms with Crippen molar-refractivity contribution in [3.05, 3.63) is 24.0 Å². The van der Waals surface area contributed by atoms with Crippen molar-refractivity contribution in [3.8, 4) is 0 Å². The first-order valence-corrected chi connectivity index (χ1v) is 6.66. The predicted molar refractivity (Wildman–Crippen MR) is 71.7 cm³/mol. The Kier molecular flexibility index (Phi) is 4.78. The maximum absolute atomic E-state index is 11.7. The van der Waals surface area contributed by atoms with Crippen LogP contribution in [-0.2, 0) is 0 Å². The summed E-state index contributed by atoms with van der Waals surface area (Å²) >= 11 is 0. The van der Waals surface area contributed by atoms with Crippen LogP contribution >= 0.6 is 0 Å². The molecule has 1 aromatic heterocycles. The number of aromatic amines is 1. The molecule has 1 fully saturated rings. The van der Waals surface area contributed by atoms with Gasteiger partial charge in [-0.25, -0.2) is 0 Å². The minimum atomic E-state index is -0.0211. The van der Waals surface area contributed by atoms with Crippen molar-refractivity contribution in [3.63, 3.8) is 0 Å². The van der Waals surface area contributed by atoms with Crippen molar-refractivity contribution < 1.29 is 4.79 Å². The van der Waals surface area contributed by atoms with Crippen molar-refractivity contribution in [2.75, 3.05) is 45.8 Å². The van der Waals surface area contributed by atoms with Crippen LogP contribution in [-0.4, -0.2) is 66.5 Å². The third-order valence-corrected chi connectivity index (χ3v) is 3.47. The van der Waals surface area contributed by atoms with Crippen LogP contribution < -0.4 is 5.32 Å². The maximum Gasteiger partial charge on any atom is 0.267 e. The number of nitrogens with zero attached hydrogens (tertiary/aromatic N) is 2. The van der Waals surface area contributed by atoms with Gasteiger partial charge in [0.15, 0.2) is 0 Å². The Morgan fingerprint density at radius 1 is 1.33 bits per heavy atom. The lowest BCUT2D eigenvalue weighted by molar-refractivity contribution is 0.0933. The highest BCUT2D eigenvalue weighted by atomic mass is 16.1. The van der Waals surface area contributed by atoms with Gasteiger partial charge in [0.1, 0.15) is 5.69 Å². The van der Waals surface area contributed by atoms with Gasteiger partial charge in [0.05, 0.1) is 0 Å². The Labute approximate surface area is 108 Å². The molecule has 1 saturated heterocycles. The van der Waals surface area contributed by atoms with Gasteiger partial charge < -0.3 is 15.2 Å². The van der Waals surface area contributed by atoms with Crippen LogP contribution in [0.3, 0.4) is 0 Å². The lowest BCUT2D eigenvalue weighted by Crippen LogP contribution is -2.48. The molecule has 1 aliphatic heterocycles. The Morgan fingerprint density at radius 3 is 2.67 bits per heavy atom. The largest absolute Gasteiger partial charge is 0.357 e. The molecule has 100 valence electrons. The summed E-state index contributed by atoms with van der Waals surface area (Å²) in [5.41, 5.74) is 0.630. The first kappa shape index (κ1) is 13.1. The highest BCUT2D eigenvalue weighted by Gasteiger charge is 2.15. The van der Waals surface area contributed by atoms with Gasteiger partial charge in [-0.2, -0.15) is 0 Å². The number of amides is 1. The number of piperazine rings is 1. The number of hydrogen-bond donors (Lipinski definition) is 2. The zero-order chi connectivity index (χ0) is 12.8. The summed E-state index contributed by atoms with van der Waals surface area (Å²) in [7, 11) is 0. The minimum absolute atomic E-state index is 0.0211. The fourth-order valence-corrected chi connectivity index (χ4v) is 2.22. The number of carbonyl (C=O) groups excluding carboxylic acids is 1. The molecule has 0 saturated carbocycles. The van der Waals surface area contributed by atoms with Crippen LogP contribution in [0.2, 0.25) is 0 Å². The van der Waals surface area contributed by atoms with Gasteiger partial charge >= 0.3 is 0 Å². The normalized spacial score (nSPS) is 17.8. The lowest BCUT2D eigenvalue weighted by atomic mass is 10.3. The Morgan fingerprint density at radius 2 is 2.06 bits per heavy atom. The smallest absolute Gasteiger partial charge is 0.267 e. The van der Waals surface area contributed by atoms with E-state index in [0.717, 1.165) is 39.3 Å². The average molecular weight is 250 g/mol. The number of H-pyrrole nitrogens is 1. The molecule has 1 amide bonds. The predicted octanol–water partition coefficient (Wildman–Crippen LogP) is 0.382. The number of carbonyl (C=O) groups is 1. The summed E-state index contributed by atoms with van der Waals surface area (Å²) in [6.07, 6.45) is 1.76. The second-order valence-electron chi connectivity index (χ2n) is 4.62. The monoisotopic (exact) mass is 250 g/mol. The van der Waals surface area contributed by atoms with Gasteiger partial charge in [-0.1, -0.05) is 6.92 Å². The van der Waals surface area contributed by atoms with Crippen LogP contribution in [0, 0.1) is 0 Å². The van der Waals surface area contributed by atoms with E-state index in [2.05, 4.69) is 27.0 Å². The number of aromatic nitrogens is 1. The molecule has 18 heavy (non-hydrogen) atoms. The first-order chi connectivity index (χ1) is 8.79. The zero-order valence-electron chi connectivity index (χ0n) is 11.0. The van der Waals surface area contributed by atoms with E-state index in [4.69, 9.17) is 0 Å². The Hall–Kier alpha value is -1.33. The molecule has 5 heteroatoms. The van der Waals surface area contributed by atoms with Crippen LogP contribution in [0.5, 0.6) is 0 Å². The third-order valence-electron chi connectivity index (χ3n) is 3.47. The van der Waals surface area contributed by atoms with Gasteiger partial charge in [-0.05, 0) is 18.7 Å². The van der Waals surface area contributed by atoms with E-state index in [0.29, 0.717) is 12.2 Å². The number of nitrogens with one attached hydrogen (secondary N) is 2. The van der Waals surface area contributed by atoms with Gasteiger partial charge in [0.2, 0.25) is 0 Å². The van der Waals surface area contributed by atoms with Crippen LogP contribution in [0.1, 0.15) is 17.4 Å². The molecule has 0 unspecified atom stereocenters. The van der Waals surface area contributed by atoms with Gasteiger partial charge in [-0.15, -0.1) is 0 Å². The van der Waals surface area contributed by atoms with E-state index < -0.39 is 0 Å². The quantitative estimate of drug-likeness (QED) is 0.794. The van der Waals surface area contributed by atoms with E-state index in [-0.39, 0.29) is 5.91 Å². The first-order valence-electron chi connectivity index (χ1n) is 6.66. The molecule has 0 spiro atoms. The molecule has 0 radical (unpaired) electrons. The van der Waals surface area contributed by atoms with Crippen molar-refractivity contribution in [2.24, 2.45) is 0 Å². The lowest BCUT2D eigenvalue weighted by Gasteiger charge is -2.33. The van der Waals surface area contributed by atoms with E-state index >= 15 is 0 Å². The molecule has 1 aliphatic rings. The van der Waals surface area contributed by atoms with Crippen LogP contribution in [0.15, 0.2) is 18.3 Å². The number of hydrogen-bond acceptors (Lipinski definition) is 3. The van der Waals surface area contributed by atoms with E-state index in [1.165, 1.54) is 0 Å². The van der Waals surface area contributed by atoms with E-state index in [1.807, 2.05) is 6.07 Å². The Balaban J connectivity index is 1.63. The van der Waals surface area contributed by atoms with Crippen molar-refractivity contribution in [2.45, 2.75) is 6.92 Å². The zero-order valence-corrected chi connectivity index (χ0v) is 11.0. The molecule has 5 nitrogen and oxygen atoms in total. The molecule has 2 rings (SSSR count). The van der Waals surface area contributed by atoms with Crippen LogP contribution in [0.25, 0.3) is 0 Å². The fourth-order valence-electron chi connectivity index (χ4n) is 2.22. The summed E-state index contributed by atoms with van der Waals surface area (Å²) in [5.74, 6) is -0.0211. The summed E-state index contributed by atoms with van der Waals surface area (Å²) < 4.78 is 0. The Bertz CT molecular complexity index is 355. The molecular weight excluding hydrogens is 228 g/mol. The van der Waals surface area contributed by atoms with Gasteiger partial charge in [0, 0.05) is 45.5 Å². The molecule has 0 bridgehead atoms. The summed E-state index contributed by atoms with van der Waals surface area (Å²) in [6, 6.07) is 3.62. The van der Waals surface area contributed by atoms with Crippen molar-refractivity contribution >= 4 is 5.91 Å². The molecule has 0 aliphatic carbocycles. The summed E-state index contributed by atoms with van der Waals surface area (Å²) in [4.78, 5) is 19.4. The number of likely N-dealkylation sites (N-methyl/N-ethyl adjacent to an activating group) is 1. The number of rotatable bonds is 5. The van der Waals surface area contributed by atoms with Crippen molar-refractivity contribution in [1.29, 1.82) is 0 Å². The molecule has 2 N–H and O–H groups in total. The average Bonchev–Trinajstić information content (AvgIpc) is 2.93. The topological polar surface area (TPSA) is 51.4 Å². The molecule has 1 aromatic rings. The summed E-state index contributed by atoms with van der Waals surface area (Å²) in [6.45, 7) is 9.47. The van der Waals surface area contributed by atoms with Gasteiger partial charge in [-0.3, -0.25) is 9.69 Å². The van der Waals surface area contributed by atoms with E-state index in [9.17, 15) is 4.79 Å². The van der Waals surface area contributed by atoms with Crippen molar-refractivity contribution in [1.82, 2.24) is 20.1 Å². The maximum atomic E-state index is 11.7. The highest BCUT2D eigenvalue weighted by Crippen LogP contribution is 2.00. The molecule has 2 heterocycles. The fraction of sp³-hybridized carbons (Fsp3) is 0.615. The molecule has 0 aromatic carbocycles. The highest BCUT2D eigenvalue weighted by molar-refractivity contribution is 5.92. The van der Waals surface area contributed by atoms with E-state index in [1.54, 1.807) is 12.3 Å². The standard InChI is InChI=1S/C13H22N4O/c1-2-16-8-10-17(11-9-16)7-6-15-13(18)12-4-3-5-14-12/h3-5,14H,2,6-11H2,1H3,(H,15,18).